The highest BCUT2D eigenvalue weighted by molar-refractivity contribution is 6.23. The standard InChI is InChI=1S/C34H50N4O8/c1-19-14-24-29(37-18-23-10-12-36-13-11-23)26(39)17-25(31(24)41)38-33(42)20(2)8-7-9-27(44-5)32(46-34(35)43)22(4)16-21(3)30(40)28(15-19)45-6/h7-9,16-17,19,21,23,27-28,30,32,36-37,40H,10-15,18H2,1-6H3,(H2,35,43)(H,38,42)/b9-7-,20-8+,22-16+/t19-,21+,27-,28+,30-,32+/m1/s1. The summed E-state index contributed by atoms with van der Waals surface area (Å²) in [6.07, 6.45) is 5.93. The van der Waals surface area contributed by atoms with E-state index in [1.807, 2.05) is 13.8 Å². The summed E-state index contributed by atoms with van der Waals surface area (Å²) in [5.41, 5.74) is 6.68. The second kappa shape index (κ2) is 17.4. The lowest BCUT2D eigenvalue weighted by atomic mass is 9.85. The summed E-state index contributed by atoms with van der Waals surface area (Å²) < 4.78 is 16.7. The number of piperidine rings is 1. The van der Waals surface area contributed by atoms with Gasteiger partial charge in [0, 0.05) is 43.9 Å². The molecule has 0 aromatic heterocycles. The molecule has 3 rings (SSSR count). The molecule has 0 unspecified atom stereocenters. The maximum atomic E-state index is 13.8. The lowest BCUT2D eigenvalue weighted by Gasteiger charge is -2.30. The van der Waals surface area contributed by atoms with Crippen LogP contribution in [-0.2, 0) is 28.6 Å². The highest BCUT2D eigenvalue weighted by atomic mass is 16.6. The third kappa shape index (κ3) is 9.96. The number of nitrogens with two attached hydrogens (primary N) is 1. The van der Waals surface area contributed by atoms with Crippen LogP contribution in [0.15, 0.2) is 58.5 Å². The smallest absolute Gasteiger partial charge is 0.405 e. The molecule has 0 aromatic carbocycles. The molecule has 0 radical (unpaired) electrons. The topological polar surface area (TPSA) is 178 Å². The molecule has 0 saturated carbocycles. The van der Waals surface area contributed by atoms with E-state index in [0.29, 0.717) is 30.0 Å². The van der Waals surface area contributed by atoms with Crippen molar-refractivity contribution < 1.29 is 38.5 Å². The predicted octanol–water partition coefficient (Wildman–Crippen LogP) is 2.35. The number of allylic oxidation sites excluding steroid dienone is 4. The molecule has 2 aliphatic heterocycles. The number of carbonyl (C=O) groups excluding carboxylic acids is 4. The molecule has 46 heavy (non-hydrogen) atoms. The number of fused-ring (bicyclic) bond motifs is 2. The Hall–Kier alpha value is -3.58. The summed E-state index contributed by atoms with van der Waals surface area (Å²) >= 11 is 0. The first-order chi connectivity index (χ1) is 21.9. The van der Waals surface area contributed by atoms with Crippen LogP contribution in [0.2, 0.25) is 0 Å². The van der Waals surface area contributed by atoms with E-state index in [2.05, 4.69) is 16.0 Å². The molecule has 3 aliphatic rings. The Kier molecular flexibility index (Phi) is 13.9. The first-order valence-corrected chi connectivity index (χ1v) is 15.9. The number of amides is 2. The van der Waals surface area contributed by atoms with Gasteiger partial charge in [0.05, 0.1) is 23.6 Å². The van der Waals surface area contributed by atoms with Crippen LogP contribution >= 0.6 is 0 Å². The van der Waals surface area contributed by atoms with Gasteiger partial charge in [0.2, 0.25) is 11.6 Å². The Bertz CT molecular complexity index is 1290. The number of hydrogen-bond donors (Lipinski definition) is 5. The Morgan fingerprint density at radius 2 is 1.80 bits per heavy atom. The quantitative estimate of drug-likeness (QED) is 0.213. The maximum absolute atomic E-state index is 13.8. The molecule has 12 nitrogen and oxygen atoms in total. The molecular weight excluding hydrogens is 592 g/mol. The van der Waals surface area contributed by atoms with Crippen LogP contribution in [-0.4, -0.2) is 86.9 Å². The monoisotopic (exact) mass is 642 g/mol. The maximum Gasteiger partial charge on any atom is 0.405 e. The fourth-order valence-corrected chi connectivity index (χ4v) is 6.11. The number of Topliss-reactive ketones (excluding diaryl/α,β-unsaturated/α-hetero) is 1. The van der Waals surface area contributed by atoms with Gasteiger partial charge in [-0.15, -0.1) is 0 Å². The lowest BCUT2D eigenvalue weighted by molar-refractivity contribution is -0.120. The molecule has 12 heteroatoms. The first-order valence-electron chi connectivity index (χ1n) is 15.9. The first kappa shape index (κ1) is 36.9. The number of hydrogen-bond acceptors (Lipinski definition) is 10. The number of methoxy groups -OCH3 is 2. The van der Waals surface area contributed by atoms with E-state index in [-0.39, 0.29) is 35.1 Å². The average molecular weight is 643 g/mol. The molecule has 2 amide bonds. The van der Waals surface area contributed by atoms with Crippen molar-refractivity contribution in [3.8, 4) is 0 Å². The van der Waals surface area contributed by atoms with Crippen LogP contribution in [0.25, 0.3) is 0 Å². The van der Waals surface area contributed by atoms with Crippen molar-refractivity contribution in [1.82, 2.24) is 16.0 Å². The zero-order chi connectivity index (χ0) is 34.0. The number of ketones is 2. The van der Waals surface area contributed by atoms with Crippen molar-refractivity contribution in [3.05, 3.63) is 58.5 Å². The highest BCUT2D eigenvalue weighted by Gasteiger charge is 2.34. The van der Waals surface area contributed by atoms with Crippen molar-refractivity contribution in [2.75, 3.05) is 33.9 Å². The summed E-state index contributed by atoms with van der Waals surface area (Å²) in [6, 6.07) is 0. The average Bonchev–Trinajstić information content (AvgIpc) is 3.02. The number of carbonyl (C=O) groups is 4. The van der Waals surface area contributed by atoms with Gasteiger partial charge in [0.1, 0.15) is 6.10 Å². The van der Waals surface area contributed by atoms with Crippen molar-refractivity contribution in [3.63, 3.8) is 0 Å². The van der Waals surface area contributed by atoms with Crippen molar-refractivity contribution in [2.45, 2.75) is 77.8 Å². The summed E-state index contributed by atoms with van der Waals surface area (Å²) in [4.78, 5) is 52.2. The summed E-state index contributed by atoms with van der Waals surface area (Å²) in [7, 11) is 2.95. The van der Waals surface area contributed by atoms with Crippen LogP contribution in [0.3, 0.4) is 0 Å². The molecule has 0 aromatic rings. The zero-order valence-electron chi connectivity index (χ0n) is 27.8. The molecule has 1 saturated heterocycles. The molecule has 1 aliphatic carbocycles. The van der Waals surface area contributed by atoms with Gasteiger partial charge in [0.15, 0.2) is 6.10 Å². The number of primary amides is 1. The molecule has 0 spiro atoms. The third-order valence-corrected chi connectivity index (χ3v) is 8.82. The number of aliphatic hydroxyl groups excluding tert-OH is 1. The molecule has 254 valence electrons. The molecule has 6 N–H and O–H groups in total. The Labute approximate surface area is 271 Å². The molecule has 6 atom stereocenters. The normalized spacial score (nSPS) is 32.4. The molecule has 2 bridgehead atoms. The van der Waals surface area contributed by atoms with E-state index in [9.17, 15) is 24.3 Å². The van der Waals surface area contributed by atoms with Crippen LogP contribution < -0.4 is 21.7 Å². The van der Waals surface area contributed by atoms with Crippen LogP contribution in [0, 0.1) is 17.8 Å². The van der Waals surface area contributed by atoms with Gasteiger partial charge in [0.25, 0.3) is 5.91 Å². The van der Waals surface area contributed by atoms with Gasteiger partial charge in [-0.1, -0.05) is 38.2 Å². The van der Waals surface area contributed by atoms with E-state index in [4.69, 9.17) is 19.9 Å². The minimum atomic E-state index is -0.994. The molecule has 1 fully saturated rings. The summed E-state index contributed by atoms with van der Waals surface area (Å²) in [5.74, 6) is -1.62. The summed E-state index contributed by atoms with van der Waals surface area (Å²) in [6.45, 7) is 9.43. The minimum Gasteiger partial charge on any atom is -0.439 e. The lowest BCUT2D eigenvalue weighted by Crippen LogP contribution is -2.39. The number of rotatable bonds is 6. The SMILES string of the molecule is CO[C@H]1C[C@H](C)CC2=C(NCC3CCNCC3)C(=O)C=C(NC(=O)/C(C)=C/C=C\[C@@H](OC)[C@@H](OC(N)=O)/C(C)=C/[C@H](C)[C@H]1O)C2=O. The van der Waals surface area contributed by atoms with Crippen LogP contribution in [0.1, 0.15) is 53.4 Å². The van der Waals surface area contributed by atoms with E-state index >= 15 is 0 Å². The zero-order valence-corrected chi connectivity index (χ0v) is 27.8. The van der Waals surface area contributed by atoms with Crippen LogP contribution in [0.5, 0.6) is 0 Å². The predicted molar refractivity (Wildman–Crippen MR) is 173 cm³/mol. The fourth-order valence-electron chi connectivity index (χ4n) is 6.11. The Balaban J connectivity index is 2.03. The Morgan fingerprint density at radius 3 is 2.43 bits per heavy atom. The molecular formula is C34H50N4O8. The number of ether oxygens (including phenoxy) is 3. The second-order valence-corrected chi connectivity index (χ2v) is 12.5. The van der Waals surface area contributed by atoms with E-state index < -0.39 is 48.1 Å². The van der Waals surface area contributed by atoms with E-state index in [1.165, 1.54) is 26.4 Å². The van der Waals surface area contributed by atoms with E-state index in [0.717, 1.165) is 25.9 Å². The van der Waals surface area contributed by atoms with Crippen molar-refractivity contribution in [1.29, 1.82) is 0 Å². The van der Waals surface area contributed by atoms with Crippen molar-refractivity contribution >= 4 is 23.6 Å². The highest BCUT2D eigenvalue weighted by Crippen LogP contribution is 2.29. The Morgan fingerprint density at radius 1 is 1.11 bits per heavy atom. The number of nitrogens with one attached hydrogen (secondary N) is 3. The molecule has 2 heterocycles. The van der Waals surface area contributed by atoms with Crippen molar-refractivity contribution in [2.24, 2.45) is 23.5 Å². The van der Waals surface area contributed by atoms with Gasteiger partial charge in [-0.3, -0.25) is 14.4 Å². The van der Waals surface area contributed by atoms with E-state index in [1.54, 1.807) is 32.1 Å². The van der Waals surface area contributed by atoms with Gasteiger partial charge in [-0.25, -0.2) is 4.79 Å². The van der Waals surface area contributed by atoms with Gasteiger partial charge in [-0.2, -0.15) is 0 Å². The summed E-state index contributed by atoms with van der Waals surface area (Å²) in [5, 5.41) is 20.6. The van der Waals surface area contributed by atoms with Gasteiger partial charge < -0.3 is 41.0 Å². The number of aliphatic hydroxyl groups is 1. The third-order valence-electron chi connectivity index (χ3n) is 8.82. The van der Waals surface area contributed by atoms with Gasteiger partial charge >= 0.3 is 6.09 Å². The fraction of sp³-hybridized carbons (Fsp3) is 0.588. The van der Waals surface area contributed by atoms with Crippen LogP contribution in [0.4, 0.5) is 4.79 Å². The van der Waals surface area contributed by atoms with Gasteiger partial charge in [-0.05, 0) is 70.0 Å². The second-order valence-electron chi connectivity index (χ2n) is 12.5. The minimum absolute atomic E-state index is 0.0966. The largest absolute Gasteiger partial charge is 0.439 e.